The van der Waals surface area contributed by atoms with Gasteiger partial charge in [0.15, 0.2) is 11.4 Å². The average molecular weight is 544 g/mol. The standard InChI is InChI=1S/C27H33N3O9/c1-26(2,3)13-8-11(17(28)25(37)38)10-6-9-7-12-18(30(4)5)21(33)16(24(29)36)23(35)27(12,39)22(34)14(9)20(32)15(10)19(13)31/h8-9,12,17-18,31,33-34,39H,6-7,28H2,1-5H3,(H2,29,36)(H,37,38)/t9-,12-,17?,18-,27-/m1/s1. The smallest absolute Gasteiger partial charge is 0.325 e. The minimum Gasteiger partial charge on any atom is -0.510 e. The van der Waals surface area contributed by atoms with Crippen LogP contribution in [-0.4, -0.2) is 79.6 Å². The molecule has 9 N–H and O–H groups in total. The molecule has 0 radical (unpaired) electrons. The summed E-state index contributed by atoms with van der Waals surface area (Å²) in [6.45, 7) is 5.24. The van der Waals surface area contributed by atoms with Gasteiger partial charge in [-0.2, -0.15) is 0 Å². The largest absolute Gasteiger partial charge is 0.510 e. The number of carboxylic acid groups (broad SMARTS) is 1. The quantitative estimate of drug-likeness (QED) is 0.259. The van der Waals surface area contributed by atoms with Gasteiger partial charge in [-0.15, -0.1) is 0 Å². The van der Waals surface area contributed by atoms with Gasteiger partial charge < -0.3 is 37.0 Å². The summed E-state index contributed by atoms with van der Waals surface area (Å²) in [7, 11) is 3.06. The maximum atomic E-state index is 14.0. The molecule has 0 heterocycles. The SMILES string of the molecule is CN(C)[C@H]1C(O)=C(C(N)=O)C(=O)[C@]2(O)C(O)=C3C(=O)c4c(O)c(C(C)(C)C)cc(C(N)C(=O)O)c4C[C@@H]3C[C@H]12. The Kier molecular flexibility index (Phi) is 6.45. The molecule has 3 aliphatic carbocycles. The summed E-state index contributed by atoms with van der Waals surface area (Å²) in [5.41, 5.74) is 6.91. The number of hydrogen-bond acceptors (Lipinski definition) is 10. The third-order valence-corrected chi connectivity index (χ3v) is 8.17. The van der Waals surface area contributed by atoms with E-state index in [1.165, 1.54) is 25.1 Å². The Morgan fingerprint density at radius 3 is 2.23 bits per heavy atom. The highest BCUT2D eigenvalue weighted by atomic mass is 16.4. The van der Waals surface area contributed by atoms with Crippen molar-refractivity contribution in [3.8, 4) is 5.75 Å². The van der Waals surface area contributed by atoms with Crippen LogP contribution in [0.15, 0.2) is 28.7 Å². The second-order valence-electron chi connectivity index (χ2n) is 11.7. The van der Waals surface area contributed by atoms with Gasteiger partial charge in [-0.25, -0.2) is 0 Å². The number of ketones is 2. The summed E-state index contributed by atoms with van der Waals surface area (Å²) < 4.78 is 0. The number of aliphatic hydroxyl groups is 3. The predicted molar refractivity (Wildman–Crippen MR) is 137 cm³/mol. The maximum absolute atomic E-state index is 14.0. The van der Waals surface area contributed by atoms with E-state index in [-0.39, 0.29) is 40.7 Å². The number of nitrogens with two attached hydrogens (primary N) is 2. The first-order valence-electron chi connectivity index (χ1n) is 12.4. The van der Waals surface area contributed by atoms with E-state index in [0.717, 1.165) is 0 Å². The van der Waals surface area contributed by atoms with E-state index >= 15 is 0 Å². The van der Waals surface area contributed by atoms with Gasteiger partial charge in [-0.05, 0) is 55.5 Å². The fraction of sp³-hybridized carbons (Fsp3) is 0.481. The summed E-state index contributed by atoms with van der Waals surface area (Å²) in [5.74, 6) is -9.01. The number of carbonyl (C=O) groups excluding carboxylic acids is 3. The maximum Gasteiger partial charge on any atom is 0.325 e. The van der Waals surface area contributed by atoms with E-state index < -0.39 is 81.2 Å². The van der Waals surface area contributed by atoms with Gasteiger partial charge in [0.2, 0.25) is 5.78 Å². The summed E-state index contributed by atoms with van der Waals surface area (Å²) in [6.07, 6.45) is -0.169. The number of carbonyl (C=O) groups is 4. The Morgan fingerprint density at radius 1 is 1.15 bits per heavy atom. The normalized spacial score (nSPS) is 27.7. The number of carboxylic acids is 1. The van der Waals surface area contributed by atoms with Crippen LogP contribution in [0.3, 0.4) is 0 Å². The Morgan fingerprint density at radius 2 is 1.74 bits per heavy atom. The molecule has 39 heavy (non-hydrogen) atoms. The number of primary amides is 1. The van der Waals surface area contributed by atoms with Crippen LogP contribution in [0.25, 0.3) is 0 Å². The van der Waals surface area contributed by atoms with E-state index in [2.05, 4.69) is 0 Å². The lowest BCUT2D eigenvalue weighted by molar-refractivity contribution is -0.148. The average Bonchev–Trinajstić information content (AvgIpc) is 2.79. The summed E-state index contributed by atoms with van der Waals surface area (Å²) in [6, 6.07) is -1.19. The van der Waals surface area contributed by atoms with Crippen LogP contribution >= 0.6 is 0 Å². The van der Waals surface area contributed by atoms with E-state index in [4.69, 9.17) is 11.5 Å². The van der Waals surface area contributed by atoms with E-state index in [9.17, 15) is 44.7 Å². The van der Waals surface area contributed by atoms with Crippen molar-refractivity contribution in [3.63, 3.8) is 0 Å². The number of rotatable bonds is 4. The van der Waals surface area contributed by atoms with Crippen LogP contribution in [-0.2, 0) is 26.2 Å². The molecule has 12 nitrogen and oxygen atoms in total. The molecule has 1 aromatic carbocycles. The van der Waals surface area contributed by atoms with Crippen LogP contribution in [0.2, 0.25) is 0 Å². The number of phenols is 1. The van der Waals surface area contributed by atoms with E-state index in [1.54, 1.807) is 20.8 Å². The molecule has 5 atom stereocenters. The van der Waals surface area contributed by atoms with Crippen LogP contribution in [0.4, 0.5) is 0 Å². The Hall–Kier alpha value is -3.74. The minimum atomic E-state index is -2.76. The second-order valence-corrected chi connectivity index (χ2v) is 11.7. The summed E-state index contributed by atoms with van der Waals surface area (Å²) in [4.78, 5) is 52.8. The van der Waals surface area contributed by atoms with Gasteiger partial charge in [-0.1, -0.05) is 20.8 Å². The number of amides is 1. The number of Topliss-reactive ketones (excluding diaryl/α,β-unsaturated/α-hetero) is 2. The van der Waals surface area contributed by atoms with Crippen molar-refractivity contribution in [2.45, 2.75) is 56.7 Å². The zero-order valence-electron chi connectivity index (χ0n) is 22.3. The molecular formula is C27H33N3O9. The molecule has 0 fully saturated rings. The fourth-order valence-electron chi connectivity index (χ4n) is 6.33. The first-order valence-corrected chi connectivity index (χ1v) is 12.4. The number of aromatic hydroxyl groups is 1. The van der Waals surface area contributed by atoms with Crippen molar-refractivity contribution < 1.29 is 44.7 Å². The molecule has 0 saturated heterocycles. The van der Waals surface area contributed by atoms with Crippen molar-refractivity contribution in [2.75, 3.05) is 14.1 Å². The summed E-state index contributed by atoms with van der Waals surface area (Å²) >= 11 is 0. The monoisotopic (exact) mass is 543 g/mol. The van der Waals surface area contributed by atoms with Crippen LogP contribution in [0.1, 0.15) is 60.3 Å². The number of aliphatic carboxylic acids is 1. The molecule has 3 aliphatic rings. The molecule has 0 aliphatic heterocycles. The lowest BCUT2D eigenvalue weighted by Crippen LogP contribution is -2.63. The van der Waals surface area contributed by atoms with Gasteiger partial charge in [0.05, 0.1) is 11.6 Å². The molecule has 1 unspecified atom stereocenters. The summed E-state index contributed by atoms with van der Waals surface area (Å²) in [5, 5.41) is 54.9. The van der Waals surface area contributed by atoms with Crippen molar-refractivity contribution in [3.05, 3.63) is 51.0 Å². The number of nitrogens with zero attached hydrogens (tertiary/aromatic N) is 1. The van der Waals surface area contributed by atoms with Gasteiger partial charge >= 0.3 is 5.97 Å². The van der Waals surface area contributed by atoms with E-state index in [1.807, 2.05) is 0 Å². The lowest BCUT2D eigenvalue weighted by Gasteiger charge is -2.50. The number of fused-ring (bicyclic) bond motifs is 3. The molecule has 0 spiro atoms. The fourth-order valence-corrected chi connectivity index (χ4v) is 6.33. The number of benzene rings is 1. The Labute approximate surface area is 224 Å². The van der Waals surface area contributed by atoms with Gasteiger partial charge in [0, 0.05) is 17.1 Å². The van der Waals surface area contributed by atoms with Crippen molar-refractivity contribution in [1.29, 1.82) is 0 Å². The predicted octanol–water partition coefficient (Wildman–Crippen LogP) is 0.503. The highest BCUT2D eigenvalue weighted by molar-refractivity contribution is 6.24. The molecule has 0 bridgehead atoms. The third kappa shape index (κ3) is 3.85. The molecule has 1 aromatic rings. The number of hydrogen-bond donors (Lipinski definition) is 7. The number of aliphatic hydroxyl groups excluding tert-OH is 2. The van der Waals surface area contributed by atoms with Crippen LogP contribution < -0.4 is 11.5 Å². The van der Waals surface area contributed by atoms with Crippen molar-refractivity contribution in [2.24, 2.45) is 23.3 Å². The number of allylic oxidation sites excluding steroid dienone is 1. The molecule has 210 valence electrons. The molecule has 0 saturated carbocycles. The van der Waals surface area contributed by atoms with Crippen LogP contribution in [0.5, 0.6) is 5.75 Å². The highest BCUT2D eigenvalue weighted by Gasteiger charge is 2.63. The zero-order chi connectivity index (χ0) is 29.5. The van der Waals surface area contributed by atoms with Crippen molar-refractivity contribution >= 4 is 23.4 Å². The van der Waals surface area contributed by atoms with Gasteiger partial charge in [-0.3, -0.25) is 24.1 Å². The molecule has 4 rings (SSSR count). The zero-order valence-corrected chi connectivity index (χ0v) is 22.3. The molecule has 1 amide bonds. The third-order valence-electron chi connectivity index (χ3n) is 8.17. The molecule has 12 heteroatoms. The topological polar surface area (TPSA) is 225 Å². The number of phenolic OH excluding ortho intramolecular Hbond substituents is 1. The van der Waals surface area contributed by atoms with E-state index in [0.29, 0.717) is 0 Å². The highest BCUT2D eigenvalue weighted by Crippen LogP contribution is 2.53. The van der Waals surface area contributed by atoms with Gasteiger partial charge in [0.1, 0.15) is 28.9 Å². The first-order chi connectivity index (χ1) is 17.9. The first kappa shape index (κ1) is 28.3. The second kappa shape index (κ2) is 8.90. The minimum absolute atomic E-state index is 0.0527. The van der Waals surface area contributed by atoms with Gasteiger partial charge in [0.25, 0.3) is 5.91 Å². The number of likely N-dealkylation sites (N-methyl/N-ethyl adjacent to an activating group) is 1. The van der Waals surface area contributed by atoms with Crippen LogP contribution in [0, 0.1) is 11.8 Å². The molecular weight excluding hydrogens is 510 g/mol. The Balaban J connectivity index is 2.03. The molecule has 0 aromatic heterocycles. The lowest BCUT2D eigenvalue weighted by atomic mass is 9.58. The van der Waals surface area contributed by atoms with Crippen molar-refractivity contribution in [1.82, 2.24) is 4.90 Å². The Bertz CT molecular complexity index is 1400.